The fourth-order valence-corrected chi connectivity index (χ4v) is 2.30. The second-order valence-electron chi connectivity index (χ2n) is 4.85. The number of benzene rings is 1. The second-order valence-corrected chi connectivity index (χ2v) is 5.76. The number of hydrogen-bond donors (Lipinski definition) is 0. The summed E-state index contributed by atoms with van der Waals surface area (Å²) < 4.78 is 12.5. The molecule has 1 aromatic carbocycles. The SMILES string of the molecule is CC(C)N1CCO[C@H](COc2ccc(Br)cc2)C1. The van der Waals surface area contributed by atoms with E-state index in [-0.39, 0.29) is 6.10 Å². The molecule has 0 spiro atoms. The Morgan fingerprint density at radius 1 is 1.39 bits per heavy atom. The van der Waals surface area contributed by atoms with Crippen LogP contribution in [0.5, 0.6) is 5.75 Å². The maximum absolute atomic E-state index is 5.76. The Kier molecular flexibility index (Phi) is 5.03. The highest BCUT2D eigenvalue weighted by molar-refractivity contribution is 9.10. The molecule has 2 rings (SSSR count). The minimum atomic E-state index is 0.171. The third kappa shape index (κ3) is 3.97. The number of nitrogens with zero attached hydrogens (tertiary/aromatic N) is 1. The third-order valence-electron chi connectivity index (χ3n) is 3.15. The van der Waals surface area contributed by atoms with Gasteiger partial charge in [-0.15, -0.1) is 0 Å². The average molecular weight is 314 g/mol. The summed E-state index contributed by atoms with van der Waals surface area (Å²) >= 11 is 3.41. The molecule has 0 saturated carbocycles. The zero-order valence-corrected chi connectivity index (χ0v) is 12.5. The molecule has 0 bridgehead atoms. The molecule has 4 heteroatoms. The smallest absolute Gasteiger partial charge is 0.119 e. The van der Waals surface area contributed by atoms with Gasteiger partial charge in [-0.25, -0.2) is 0 Å². The normalized spacial score (nSPS) is 21.2. The van der Waals surface area contributed by atoms with Gasteiger partial charge in [0.05, 0.1) is 6.61 Å². The van der Waals surface area contributed by atoms with Gasteiger partial charge >= 0.3 is 0 Å². The van der Waals surface area contributed by atoms with Crippen LogP contribution in [-0.2, 0) is 4.74 Å². The Balaban J connectivity index is 1.81. The Morgan fingerprint density at radius 2 is 2.11 bits per heavy atom. The van der Waals surface area contributed by atoms with Crippen LogP contribution in [0, 0.1) is 0 Å². The van der Waals surface area contributed by atoms with E-state index in [0.717, 1.165) is 29.9 Å². The lowest BCUT2D eigenvalue weighted by Gasteiger charge is -2.35. The topological polar surface area (TPSA) is 21.7 Å². The molecule has 0 aromatic heterocycles. The summed E-state index contributed by atoms with van der Waals surface area (Å²) in [6, 6.07) is 8.47. The van der Waals surface area contributed by atoms with Crippen molar-refractivity contribution in [2.24, 2.45) is 0 Å². The highest BCUT2D eigenvalue weighted by Crippen LogP contribution is 2.17. The van der Waals surface area contributed by atoms with E-state index in [9.17, 15) is 0 Å². The molecule has 1 saturated heterocycles. The van der Waals surface area contributed by atoms with Crippen LogP contribution in [0.2, 0.25) is 0 Å². The third-order valence-corrected chi connectivity index (χ3v) is 3.68. The van der Waals surface area contributed by atoms with E-state index in [1.165, 1.54) is 0 Å². The first-order valence-electron chi connectivity index (χ1n) is 6.39. The quantitative estimate of drug-likeness (QED) is 0.853. The zero-order valence-electron chi connectivity index (χ0n) is 10.9. The molecule has 1 aliphatic rings. The Morgan fingerprint density at radius 3 is 2.78 bits per heavy atom. The Bertz CT molecular complexity index is 367. The van der Waals surface area contributed by atoms with Crippen molar-refractivity contribution in [2.75, 3.05) is 26.3 Å². The maximum atomic E-state index is 5.76. The maximum Gasteiger partial charge on any atom is 0.119 e. The number of rotatable bonds is 4. The summed E-state index contributed by atoms with van der Waals surface area (Å²) in [5.41, 5.74) is 0. The van der Waals surface area contributed by atoms with E-state index < -0.39 is 0 Å². The summed E-state index contributed by atoms with van der Waals surface area (Å²) in [4.78, 5) is 2.43. The fraction of sp³-hybridized carbons (Fsp3) is 0.571. The summed E-state index contributed by atoms with van der Waals surface area (Å²) in [5, 5.41) is 0. The number of hydrogen-bond acceptors (Lipinski definition) is 3. The van der Waals surface area contributed by atoms with Gasteiger partial charge in [0, 0.05) is 23.6 Å². The first-order chi connectivity index (χ1) is 8.65. The molecule has 1 heterocycles. The molecule has 18 heavy (non-hydrogen) atoms. The molecule has 1 aromatic rings. The summed E-state index contributed by atoms with van der Waals surface area (Å²) in [5.74, 6) is 0.892. The number of ether oxygens (including phenoxy) is 2. The molecule has 0 radical (unpaired) electrons. The van der Waals surface area contributed by atoms with Crippen LogP contribution in [0.1, 0.15) is 13.8 Å². The highest BCUT2D eigenvalue weighted by Gasteiger charge is 2.22. The van der Waals surface area contributed by atoms with E-state index in [0.29, 0.717) is 12.6 Å². The van der Waals surface area contributed by atoms with Crippen LogP contribution in [0.25, 0.3) is 0 Å². The summed E-state index contributed by atoms with van der Waals surface area (Å²) in [7, 11) is 0. The first kappa shape index (κ1) is 13.8. The molecule has 1 atom stereocenters. The van der Waals surface area contributed by atoms with Gasteiger partial charge in [-0.2, -0.15) is 0 Å². The van der Waals surface area contributed by atoms with Gasteiger partial charge in [0.2, 0.25) is 0 Å². The van der Waals surface area contributed by atoms with Gasteiger partial charge in [-0.05, 0) is 38.1 Å². The van der Waals surface area contributed by atoms with E-state index in [2.05, 4.69) is 34.7 Å². The van der Waals surface area contributed by atoms with Gasteiger partial charge in [-0.1, -0.05) is 15.9 Å². The van der Waals surface area contributed by atoms with Gasteiger partial charge in [0.15, 0.2) is 0 Å². The minimum Gasteiger partial charge on any atom is -0.491 e. The van der Waals surface area contributed by atoms with Crippen LogP contribution in [0.4, 0.5) is 0 Å². The molecule has 0 aliphatic carbocycles. The van der Waals surface area contributed by atoms with Crippen molar-refractivity contribution in [2.45, 2.75) is 26.0 Å². The molecule has 0 unspecified atom stereocenters. The van der Waals surface area contributed by atoms with E-state index in [4.69, 9.17) is 9.47 Å². The molecule has 0 amide bonds. The lowest BCUT2D eigenvalue weighted by atomic mass is 10.2. The molecular weight excluding hydrogens is 294 g/mol. The van der Waals surface area contributed by atoms with Crippen LogP contribution in [0.3, 0.4) is 0 Å². The van der Waals surface area contributed by atoms with Crippen molar-refractivity contribution in [1.29, 1.82) is 0 Å². The number of morpholine rings is 1. The van der Waals surface area contributed by atoms with Crippen molar-refractivity contribution in [3.8, 4) is 5.75 Å². The van der Waals surface area contributed by atoms with Crippen molar-refractivity contribution in [1.82, 2.24) is 4.90 Å². The fourth-order valence-electron chi connectivity index (χ4n) is 2.03. The predicted octanol–water partition coefficient (Wildman–Crippen LogP) is 2.94. The zero-order chi connectivity index (χ0) is 13.0. The molecule has 3 nitrogen and oxygen atoms in total. The minimum absolute atomic E-state index is 0.171. The second kappa shape index (κ2) is 6.55. The molecule has 1 fully saturated rings. The Hall–Kier alpha value is -0.580. The van der Waals surface area contributed by atoms with Crippen LogP contribution in [-0.4, -0.2) is 43.3 Å². The molecular formula is C14H20BrNO2. The van der Waals surface area contributed by atoms with Crippen molar-refractivity contribution in [3.05, 3.63) is 28.7 Å². The molecule has 100 valence electrons. The van der Waals surface area contributed by atoms with Crippen molar-refractivity contribution in [3.63, 3.8) is 0 Å². The Labute approximate surface area is 117 Å². The van der Waals surface area contributed by atoms with Crippen LogP contribution >= 0.6 is 15.9 Å². The first-order valence-corrected chi connectivity index (χ1v) is 7.18. The standard InChI is InChI=1S/C14H20BrNO2/c1-11(2)16-7-8-17-14(9-16)10-18-13-5-3-12(15)4-6-13/h3-6,11,14H,7-10H2,1-2H3/t14-/m0/s1. The van der Waals surface area contributed by atoms with E-state index in [1.807, 2.05) is 24.3 Å². The van der Waals surface area contributed by atoms with Crippen molar-refractivity contribution >= 4 is 15.9 Å². The molecule has 1 aliphatic heterocycles. The van der Waals surface area contributed by atoms with Gasteiger partial charge < -0.3 is 9.47 Å². The lowest BCUT2D eigenvalue weighted by molar-refractivity contribution is -0.0564. The van der Waals surface area contributed by atoms with Crippen LogP contribution < -0.4 is 4.74 Å². The van der Waals surface area contributed by atoms with E-state index >= 15 is 0 Å². The van der Waals surface area contributed by atoms with Crippen molar-refractivity contribution < 1.29 is 9.47 Å². The average Bonchev–Trinajstić information content (AvgIpc) is 2.38. The van der Waals surface area contributed by atoms with E-state index in [1.54, 1.807) is 0 Å². The molecule has 0 N–H and O–H groups in total. The lowest BCUT2D eigenvalue weighted by Crippen LogP contribution is -2.47. The largest absolute Gasteiger partial charge is 0.491 e. The highest BCUT2D eigenvalue weighted by atomic mass is 79.9. The summed E-state index contributed by atoms with van der Waals surface area (Å²) in [6.45, 7) is 7.83. The van der Waals surface area contributed by atoms with Crippen LogP contribution in [0.15, 0.2) is 28.7 Å². The van der Waals surface area contributed by atoms with Gasteiger partial charge in [0.25, 0.3) is 0 Å². The number of halogens is 1. The monoisotopic (exact) mass is 313 g/mol. The predicted molar refractivity (Wildman–Crippen MR) is 76.1 cm³/mol. The summed E-state index contributed by atoms with van der Waals surface area (Å²) in [6.07, 6.45) is 0.171. The van der Waals surface area contributed by atoms with Gasteiger partial charge in [0.1, 0.15) is 18.5 Å². The van der Waals surface area contributed by atoms with Gasteiger partial charge in [-0.3, -0.25) is 4.90 Å².